The second kappa shape index (κ2) is 10.3. The van der Waals surface area contributed by atoms with Crippen molar-refractivity contribution in [3.63, 3.8) is 0 Å². The Morgan fingerprint density at radius 2 is 1.47 bits per heavy atom. The Bertz CT molecular complexity index is 232. The van der Waals surface area contributed by atoms with Crippen molar-refractivity contribution in [2.24, 2.45) is 0 Å². The van der Waals surface area contributed by atoms with Crippen LogP contribution in [0.5, 0.6) is 0 Å². The molecule has 0 aliphatic heterocycles. The lowest BCUT2D eigenvalue weighted by atomic mass is 10.1. The third-order valence-corrected chi connectivity index (χ3v) is 2.67. The lowest BCUT2D eigenvalue weighted by molar-refractivity contribution is -0.141. The third kappa shape index (κ3) is 11.4. The van der Waals surface area contributed by atoms with Crippen LogP contribution in [0.3, 0.4) is 0 Å². The summed E-state index contributed by atoms with van der Waals surface area (Å²) in [6.07, 6.45) is 5.30. The summed E-state index contributed by atoms with van der Waals surface area (Å²) >= 11 is 4.99. The van der Waals surface area contributed by atoms with Crippen LogP contribution < -0.4 is 0 Å². The Labute approximate surface area is 109 Å². The number of thiocarbonyl (C=S) groups is 1. The van der Waals surface area contributed by atoms with Crippen LogP contribution in [0.25, 0.3) is 0 Å². The third-order valence-electron chi connectivity index (χ3n) is 2.18. The number of unbranched alkanes of at least 4 members (excludes halogenated alkanes) is 4. The maximum Gasteiger partial charge on any atom is 0.302 e. The van der Waals surface area contributed by atoms with E-state index < -0.39 is 0 Å². The van der Waals surface area contributed by atoms with E-state index >= 15 is 0 Å². The Morgan fingerprint density at radius 1 is 1.00 bits per heavy atom. The van der Waals surface area contributed by atoms with Crippen molar-refractivity contribution >= 4 is 23.4 Å². The van der Waals surface area contributed by atoms with Gasteiger partial charge in [-0.2, -0.15) is 0 Å². The van der Waals surface area contributed by atoms with Crippen molar-refractivity contribution in [1.82, 2.24) is 4.90 Å². The Balaban J connectivity index is 3.14. The summed E-state index contributed by atoms with van der Waals surface area (Å²) in [5.41, 5.74) is 0. The van der Waals surface area contributed by atoms with Crippen molar-refractivity contribution in [3.05, 3.63) is 0 Å². The number of hydrogen-bond acceptors (Lipinski definition) is 4. The first-order valence-corrected chi connectivity index (χ1v) is 6.42. The van der Waals surface area contributed by atoms with Gasteiger partial charge in [-0.1, -0.05) is 19.3 Å². The highest BCUT2D eigenvalue weighted by Gasteiger charge is 1.99. The molecule has 0 amide bonds. The summed E-state index contributed by atoms with van der Waals surface area (Å²) < 4.78 is 10.2. The van der Waals surface area contributed by atoms with Crippen LogP contribution in [-0.4, -0.2) is 43.4 Å². The van der Waals surface area contributed by atoms with Crippen LogP contribution in [0.2, 0.25) is 0 Å². The van der Waals surface area contributed by atoms with Crippen molar-refractivity contribution in [2.75, 3.05) is 27.3 Å². The van der Waals surface area contributed by atoms with E-state index in [0.29, 0.717) is 18.4 Å². The zero-order valence-electron chi connectivity index (χ0n) is 11.0. The molecule has 4 nitrogen and oxygen atoms in total. The van der Waals surface area contributed by atoms with Gasteiger partial charge in [0.25, 0.3) is 5.17 Å². The normalized spacial score (nSPS) is 9.82. The Morgan fingerprint density at radius 3 is 1.94 bits per heavy atom. The molecule has 0 aliphatic carbocycles. The predicted molar refractivity (Wildman–Crippen MR) is 72.0 cm³/mol. The Hall–Kier alpha value is -0.840. The molecule has 17 heavy (non-hydrogen) atoms. The molecule has 5 heteroatoms. The van der Waals surface area contributed by atoms with Crippen LogP contribution >= 0.6 is 12.2 Å². The van der Waals surface area contributed by atoms with Gasteiger partial charge < -0.3 is 14.4 Å². The highest BCUT2D eigenvalue weighted by atomic mass is 32.1. The highest BCUT2D eigenvalue weighted by Crippen LogP contribution is 2.04. The molecule has 0 aromatic carbocycles. The van der Waals surface area contributed by atoms with Gasteiger partial charge in [-0.3, -0.25) is 4.79 Å². The fourth-order valence-corrected chi connectivity index (χ4v) is 1.32. The van der Waals surface area contributed by atoms with Gasteiger partial charge in [-0.25, -0.2) is 0 Å². The van der Waals surface area contributed by atoms with E-state index in [-0.39, 0.29) is 5.97 Å². The standard InChI is InChI=1S/C12H23NO3S/c1-11(14)15-9-7-5-4-6-8-10-16-12(17)13(2)3/h4-10H2,1-3H3. The van der Waals surface area contributed by atoms with Gasteiger partial charge in [-0.05, 0) is 25.1 Å². The van der Waals surface area contributed by atoms with Crippen molar-refractivity contribution in [3.8, 4) is 0 Å². The summed E-state index contributed by atoms with van der Waals surface area (Å²) in [6.45, 7) is 2.66. The molecule has 0 aromatic heterocycles. The fraction of sp³-hybridized carbons (Fsp3) is 0.833. The van der Waals surface area contributed by atoms with E-state index in [4.69, 9.17) is 21.7 Å². The molecule has 0 fully saturated rings. The molecule has 100 valence electrons. The van der Waals surface area contributed by atoms with E-state index in [1.807, 2.05) is 14.1 Å². The average molecular weight is 261 g/mol. The number of hydrogen-bond donors (Lipinski definition) is 0. The molecular weight excluding hydrogens is 238 g/mol. The highest BCUT2D eigenvalue weighted by molar-refractivity contribution is 7.80. The van der Waals surface area contributed by atoms with E-state index in [1.165, 1.54) is 6.92 Å². The maximum absolute atomic E-state index is 10.5. The van der Waals surface area contributed by atoms with Gasteiger partial charge in [0.1, 0.15) is 0 Å². The maximum atomic E-state index is 10.5. The number of nitrogens with zero attached hydrogens (tertiary/aromatic N) is 1. The molecule has 0 spiro atoms. The van der Waals surface area contributed by atoms with Gasteiger partial charge in [-0.15, -0.1) is 0 Å². The number of carbonyl (C=O) groups excluding carboxylic acids is 1. The van der Waals surface area contributed by atoms with Gasteiger partial charge in [0.15, 0.2) is 0 Å². The summed E-state index contributed by atoms with van der Waals surface area (Å²) in [5, 5.41) is 0.542. The molecule has 0 saturated heterocycles. The fourth-order valence-electron chi connectivity index (χ4n) is 1.24. The second-order valence-corrected chi connectivity index (χ2v) is 4.47. The smallest absolute Gasteiger partial charge is 0.302 e. The van der Waals surface area contributed by atoms with Crippen LogP contribution in [-0.2, 0) is 14.3 Å². The lowest BCUT2D eigenvalue weighted by Gasteiger charge is -2.14. The van der Waals surface area contributed by atoms with Crippen LogP contribution in [0.1, 0.15) is 39.0 Å². The number of ether oxygens (including phenoxy) is 2. The van der Waals surface area contributed by atoms with Crippen molar-refractivity contribution < 1.29 is 14.3 Å². The minimum absolute atomic E-state index is 0.199. The van der Waals surface area contributed by atoms with Gasteiger partial charge >= 0.3 is 5.97 Å². The quantitative estimate of drug-likeness (QED) is 0.381. The predicted octanol–water partition coefficient (Wildman–Crippen LogP) is 2.36. The molecule has 0 aromatic rings. The second-order valence-electron chi connectivity index (χ2n) is 4.12. The molecule has 0 rings (SSSR count). The van der Waals surface area contributed by atoms with Crippen LogP contribution in [0, 0.1) is 0 Å². The van der Waals surface area contributed by atoms with E-state index in [9.17, 15) is 4.79 Å². The summed E-state index contributed by atoms with van der Waals surface area (Å²) in [6, 6.07) is 0. The van der Waals surface area contributed by atoms with E-state index in [1.54, 1.807) is 4.90 Å². The number of esters is 1. The zero-order valence-corrected chi connectivity index (χ0v) is 11.8. The first-order chi connectivity index (χ1) is 8.04. The first kappa shape index (κ1) is 16.2. The van der Waals surface area contributed by atoms with E-state index in [0.717, 1.165) is 32.1 Å². The first-order valence-electron chi connectivity index (χ1n) is 6.01. The number of rotatable bonds is 8. The van der Waals surface area contributed by atoms with Gasteiger partial charge in [0, 0.05) is 21.0 Å². The largest absolute Gasteiger partial charge is 0.471 e. The summed E-state index contributed by atoms with van der Waals surface area (Å²) in [7, 11) is 3.74. The van der Waals surface area contributed by atoms with Crippen LogP contribution in [0.4, 0.5) is 0 Å². The molecule has 0 heterocycles. The molecule has 0 N–H and O–H groups in total. The number of carbonyl (C=O) groups is 1. The Kier molecular flexibility index (Phi) is 9.81. The SMILES string of the molecule is CC(=O)OCCCCCCCOC(=S)N(C)C. The minimum atomic E-state index is -0.199. The molecule has 0 saturated carbocycles. The summed E-state index contributed by atoms with van der Waals surface area (Å²) in [5.74, 6) is -0.199. The molecule has 0 aliphatic rings. The van der Waals surface area contributed by atoms with Gasteiger partial charge in [0.2, 0.25) is 0 Å². The molecule has 0 atom stereocenters. The zero-order chi connectivity index (χ0) is 13.1. The topological polar surface area (TPSA) is 38.8 Å². The molecular formula is C12H23NO3S. The van der Waals surface area contributed by atoms with Crippen LogP contribution in [0.15, 0.2) is 0 Å². The summed E-state index contributed by atoms with van der Waals surface area (Å²) in [4.78, 5) is 12.3. The average Bonchev–Trinajstić information content (AvgIpc) is 2.25. The molecule has 0 unspecified atom stereocenters. The lowest BCUT2D eigenvalue weighted by Crippen LogP contribution is -2.22. The molecule has 0 bridgehead atoms. The van der Waals surface area contributed by atoms with Gasteiger partial charge in [0.05, 0.1) is 13.2 Å². The van der Waals surface area contributed by atoms with Crippen molar-refractivity contribution in [1.29, 1.82) is 0 Å². The minimum Gasteiger partial charge on any atom is -0.471 e. The van der Waals surface area contributed by atoms with E-state index in [2.05, 4.69) is 0 Å². The molecule has 0 radical (unpaired) electrons. The monoisotopic (exact) mass is 261 g/mol. The van der Waals surface area contributed by atoms with Crippen molar-refractivity contribution in [2.45, 2.75) is 39.0 Å².